The maximum atomic E-state index is 12.2. The Labute approximate surface area is 122 Å². The number of halogens is 1. The van der Waals surface area contributed by atoms with Crippen LogP contribution in [0.1, 0.15) is 36.0 Å². The maximum Gasteiger partial charge on any atom is 0.339 e. The predicted molar refractivity (Wildman–Crippen MR) is 77.5 cm³/mol. The summed E-state index contributed by atoms with van der Waals surface area (Å²) in [5, 5.41) is 11.9. The summed E-state index contributed by atoms with van der Waals surface area (Å²) in [6.07, 6.45) is 4.21. The molecule has 0 aromatic heterocycles. The molecule has 6 heteroatoms. The number of carboxylic acid groups (broad SMARTS) is 1. The summed E-state index contributed by atoms with van der Waals surface area (Å²) in [4.78, 5) is 25.1. The average molecular weight is 297 g/mol. The van der Waals surface area contributed by atoms with Crippen LogP contribution < -0.4 is 5.32 Å². The van der Waals surface area contributed by atoms with E-state index < -0.39 is 5.97 Å². The number of anilines is 1. The first-order chi connectivity index (χ1) is 9.59. The zero-order valence-electron chi connectivity index (χ0n) is 11.1. The second-order valence-electron chi connectivity index (χ2n) is 4.80. The Morgan fingerprint density at radius 1 is 1.15 bits per heavy atom. The molecule has 0 bridgehead atoms. The molecule has 0 unspecified atom stereocenters. The summed E-state index contributed by atoms with van der Waals surface area (Å²) < 4.78 is 0. The van der Waals surface area contributed by atoms with Crippen molar-refractivity contribution < 1.29 is 14.7 Å². The Hall–Kier alpha value is -1.75. The molecule has 108 valence electrons. The number of likely N-dealkylation sites (tertiary alicyclic amines) is 1. The topological polar surface area (TPSA) is 69.6 Å². The lowest BCUT2D eigenvalue weighted by atomic mass is 10.2. The van der Waals surface area contributed by atoms with Crippen molar-refractivity contribution in [2.24, 2.45) is 0 Å². The lowest BCUT2D eigenvalue weighted by molar-refractivity contribution is 0.0698. The van der Waals surface area contributed by atoms with E-state index in [1.807, 2.05) is 0 Å². The van der Waals surface area contributed by atoms with Gasteiger partial charge in [-0.15, -0.1) is 0 Å². The number of nitrogens with one attached hydrogen (secondary N) is 1. The number of carbonyl (C=O) groups excluding carboxylic acids is 1. The highest BCUT2D eigenvalue weighted by atomic mass is 35.5. The monoisotopic (exact) mass is 296 g/mol. The van der Waals surface area contributed by atoms with Crippen molar-refractivity contribution >= 4 is 29.3 Å². The number of benzene rings is 1. The highest BCUT2D eigenvalue weighted by Crippen LogP contribution is 2.25. The zero-order valence-corrected chi connectivity index (χ0v) is 11.8. The van der Waals surface area contributed by atoms with Crippen LogP contribution in [-0.4, -0.2) is 35.1 Å². The number of aromatic carboxylic acids is 1. The Morgan fingerprint density at radius 3 is 2.40 bits per heavy atom. The van der Waals surface area contributed by atoms with Crippen LogP contribution in [0.15, 0.2) is 18.2 Å². The van der Waals surface area contributed by atoms with E-state index in [9.17, 15) is 9.59 Å². The van der Waals surface area contributed by atoms with E-state index in [1.54, 1.807) is 17.0 Å². The zero-order chi connectivity index (χ0) is 14.5. The maximum absolute atomic E-state index is 12.2. The molecule has 1 saturated heterocycles. The smallest absolute Gasteiger partial charge is 0.339 e. The van der Waals surface area contributed by atoms with Gasteiger partial charge in [0, 0.05) is 13.1 Å². The Balaban J connectivity index is 2.15. The fraction of sp³-hybridized carbons (Fsp3) is 0.429. The van der Waals surface area contributed by atoms with Crippen molar-refractivity contribution in [3.05, 3.63) is 28.8 Å². The summed E-state index contributed by atoms with van der Waals surface area (Å²) in [6, 6.07) is 4.39. The number of rotatable bonds is 2. The Bertz CT molecular complexity index is 511. The molecule has 2 rings (SSSR count). The van der Waals surface area contributed by atoms with Gasteiger partial charge in [-0.05, 0) is 25.0 Å². The number of nitrogens with zero attached hydrogens (tertiary/aromatic N) is 1. The number of hydrogen-bond donors (Lipinski definition) is 2. The number of hydrogen-bond acceptors (Lipinski definition) is 2. The molecule has 0 radical (unpaired) electrons. The third-order valence-corrected chi connectivity index (χ3v) is 3.68. The van der Waals surface area contributed by atoms with Gasteiger partial charge in [0.15, 0.2) is 0 Å². The Kier molecular flexibility index (Phi) is 4.84. The molecule has 20 heavy (non-hydrogen) atoms. The summed E-state index contributed by atoms with van der Waals surface area (Å²) in [6.45, 7) is 1.41. The normalized spacial score (nSPS) is 15.6. The molecular weight excluding hydrogens is 280 g/mol. The number of carbonyl (C=O) groups is 2. The molecule has 1 aromatic rings. The molecule has 5 nitrogen and oxygen atoms in total. The van der Waals surface area contributed by atoms with Crippen LogP contribution in [-0.2, 0) is 0 Å². The van der Waals surface area contributed by atoms with Crippen molar-refractivity contribution in [1.82, 2.24) is 4.90 Å². The van der Waals surface area contributed by atoms with Crippen LogP contribution in [0.5, 0.6) is 0 Å². The van der Waals surface area contributed by atoms with Gasteiger partial charge >= 0.3 is 12.0 Å². The van der Waals surface area contributed by atoms with Crippen LogP contribution in [0, 0.1) is 0 Å². The summed E-state index contributed by atoms with van der Waals surface area (Å²) in [5.41, 5.74) is 0.164. The molecular formula is C14H17ClN2O3. The van der Waals surface area contributed by atoms with Gasteiger partial charge in [-0.25, -0.2) is 9.59 Å². The molecule has 1 aliphatic heterocycles. The van der Waals surface area contributed by atoms with Crippen molar-refractivity contribution in [3.63, 3.8) is 0 Å². The van der Waals surface area contributed by atoms with Crippen molar-refractivity contribution in [3.8, 4) is 0 Å². The summed E-state index contributed by atoms with van der Waals surface area (Å²) in [5.74, 6) is -1.15. The van der Waals surface area contributed by atoms with Gasteiger partial charge < -0.3 is 15.3 Å². The fourth-order valence-electron chi connectivity index (χ4n) is 2.31. The lowest BCUT2D eigenvalue weighted by Crippen LogP contribution is -2.36. The second-order valence-corrected chi connectivity index (χ2v) is 5.21. The molecule has 2 amide bonds. The van der Waals surface area contributed by atoms with E-state index >= 15 is 0 Å². The van der Waals surface area contributed by atoms with E-state index in [2.05, 4.69) is 5.32 Å². The third-order valence-electron chi connectivity index (χ3n) is 3.36. The predicted octanol–water partition coefficient (Wildman–Crippen LogP) is 3.45. The average Bonchev–Trinajstić information content (AvgIpc) is 2.67. The largest absolute Gasteiger partial charge is 0.478 e. The van der Waals surface area contributed by atoms with Crippen molar-refractivity contribution in [2.45, 2.75) is 25.7 Å². The van der Waals surface area contributed by atoms with Crippen molar-refractivity contribution in [1.29, 1.82) is 0 Å². The SMILES string of the molecule is O=C(O)c1c(Cl)cccc1NC(=O)N1CCCCCC1. The first-order valence-corrected chi connectivity index (χ1v) is 7.05. The molecule has 0 saturated carbocycles. The minimum absolute atomic E-state index is 0.0719. The van der Waals surface area contributed by atoms with Crippen LogP contribution in [0.25, 0.3) is 0 Å². The number of amides is 2. The van der Waals surface area contributed by atoms with Crippen LogP contribution in [0.2, 0.25) is 5.02 Å². The molecule has 1 aliphatic rings. The number of carboxylic acids is 1. The summed E-state index contributed by atoms with van der Waals surface area (Å²) >= 11 is 5.87. The van der Waals surface area contributed by atoms with E-state index in [4.69, 9.17) is 16.7 Å². The molecule has 2 N–H and O–H groups in total. The van der Waals surface area contributed by atoms with Gasteiger partial charge in [-0.1, -0.05) is 30.5 Å². The van der Waals surface area contributed by atoms with Gasteiger partial charge in [0.1, 0.15) is 5.56 Å². The van der Waals surface area contributed by atoms with Gasteiger partial charge in [-0.3, -0.25) is 0 Å². The minimum atomic E-state index is -1.15. The molecule has 1 fully saturated rings. The quantitative estimate of drug-likeness (QED) is 0.878. The van der Waals surface area contributed by atoms with Crippen LogP contribution in [0.4, 0.5) is 10.5 Å². The van der Waals surface area contributed by atoms with Crippen LogP contribution in [0.3, 0.4) is 0 Å². The molecule has 1 heterocycles. The van der Waals surface area contributed by atoms with Crippen molar-refractivity contribution in [2.75, 3.05) is 18.4 Å². The highest BCUT2D eigenvalue weighted by molar-refractivity contribution is 6.34. The highest BCUT2D eigenvalue weighted by Gasteiger charge is 2.19. The second kappa shape index (κ2) is 6.61. The Morgan fingerprint density at radius 2 is 1.80 bits per heavy atom. The third kappa shape index (κ3) is 3.42. The van der Waals surface area contributed by atoms with E-state index in [0.29, 0.717) is 13.1 Å². The molecule has 0 spiro atoms. The number of urea groups is 1. The first-order valence-electron chi connectivity index (χ1n) is 6.67. The van der Waals surface area contributed by atoms with E-state index in [1.165, 1.54) is 6.07 Å². The van der Waals surface area contributed by atoms with Gasteiger partial charge in [0.05, 0.1) is 10.7 Å². The fourth-order valence-corrected chi connectivity index (χ4v) is 2.57. The molecule has 0 aliphatic carbocycles. The van der Waals surface area contributed by atoms with Gasteiger partial charge in [0.2, 0.25) is 0 Å². The minimum Gasteiger partial charge on any atom is -0.478 e. The van der Waals surface area contributed by atoms with Gasteiger partial charge in [0.25, 0.3) is 0 Å². The van der Waals surface area contributed by atoms with Crippen LogP contribution >= 0.6 is 11.6 Å². The van der Waals surface area contributed by atoms with E-state index in [0.717, 1.165) is 25.7 Å². The molecule has 1 aromatic carbocycles. The lowest BCUT2D eigenvalue weighted by Gasteiger charge is -2.21. The standard InChI is InChI=1S/C14H17ClN2O3/c15-10-6-5-7-11(12(10)13(18)19)16-14(20)17-8-3-1-2-4-9-17/h5-7H,1-4,8-9H2,(H,16,20)(H,18,19). The summed E-state index contributed by atoms with van der Waals surface area (Å²) in [7, 11) is 0. The van der Waals surface area contributed by atoms with E-state index in [-0.39, 0.29) is 22.3 Å². The van der Waals surface area contributed by atoms with Gasteiger partial charge in [-0.2, -0.15) is 0 Å². The first kappa shape index (κ1) is 14.7. The molecule has 0 atom stereocenters.